The topological polar surface area (TPSA) is 67.4 Å². The smallest absolute Gasteiger partial charge is 0.341 e. The first-order chi connectivity index (χ1) is 13.8. The van der Waals surface area contributed by atoms with Crippen molar-refractivity contribution in [2.24, 2.45) is 5.92 Å². The highest BCUT2D eigenvalue weighted by atomic mass is 35.5. The lowest BCUT2D eigenvalue weighted by Crippen LogP contribution is -2.22. The van der Waals surface area contributed by atoms with Crippen molar-refractivity contribution in [3.05, 3.63) is 44.2 Å². The lowest BCUT2D eigenvalue weighted by Gasteiger charge is -2.21. The normalized spacial score (nSPS) is 15.7. The van der Waals surface area contributed by atoms with Gasteiger partial charge in [0.05, 0.1) is 21.7 Å². The first-order valence-corrected chi connectivity index (χ1v) is 11.2. The molecular weight excluding hydrogens is 431 g/mol. The number of nitrogens with one attached hydrogen (secondary N) is 2. The molecule has 29 heavy (non-hydrogen) atoms. The second kappa shape index (κ2) is 9.37. The second-order valence-electron chi connectivity index (χ2n) is 7.39. The van der Waals surface area contributed by atoms with Crippen molar-refractivity contribution in [2.45, 2.75) is 52.6 Å². The highest BCUT2D eigenvalue weighted by Gasteiger charge is 2.30. The Labute approximate surface area is 184 Å². The number of ether oxygens (including phenoxy) is 1. The number of carbonyl (C=O) groups excluding carboxylic acids is 2. The number of anilines is 2. The maximum absolute atomic E-state index is 12.8. The van der Waals surface area contributed by atoms with Gasteiger partial charge in [0.2, 0.25) is 0 Å². The van der Waals surface area contributed by atoms with Crippen LogP contribution in [0.2, 0.25) is 10.0 Å². The molecule has 0 bridgehead atoms. The van der Waals surface area contributed by atoms with Crippen molar-refractivity contribution in [3.8, 4) is 0 Å². The Balaban J connectivity index is 1.85. The van der Waals surface area contributed by atoms with Crippen LogP contribution in [0.3, 0.4) is 0 Å². The van der Waals surface area contributed by atoms with Crippen LogP contribution in [0.25, 0.3) is 0 Å². The maximum atomic E-state index is 12.8. The van der Waals surface area contributed by atoms with Gasteiger partial charge in [0.25, 0.3) is 0 Å². The van der Waals surface area contributed by atoms with Gasteiger partial charge >= 0.3 is 12.0 Å². The van der Waals surface area contributed by atoms with E-state index in [1.54, 1.807) is 18.2 Å². The molecule has 2 N–H and O–H groups in total. The van der Waals surface area contributed by atoms with Crippen molar-refractivity contribution < 1.29 is 14.3 Å². The van der Waals surface area contributed by atoms with Gasteiger partial charge in [0.1, 0.15) is 5.00 Å². The molecule has 1 atom stereocenters. The van der Waals surface area contributed by atoms with Gasteiger partial charge in [0.15, 0.2) is 0 Å². The number of benzene rings is 1. The molecule has 1 heterocycles. The molecule has 0 aliphatic heterocycles. The molecule has 2 amide bonds. The minimum Gasteiger partial charge on any atom is -0.459 e. The van der Waals surface area contributed by atoms with Crippen molar-refractivity contribution in [2.75, 3.05) is 10.6 Å². The first-order valence-electron chi connectivity index (χ1n) is 9.67. The summed E-state index contributed by atoms with van der Waals surface area (Å²) in [4.78, 5) is 26.5. The summed E-state index contributed by atoms with van der Waals surface area (Å²) in [6.07, 6.45) is 3.65. The first kappa shape index (κ1) is 21.9. The molecule has 2 aromatic rings. The molecule has 3 rings (SSSR count). The minimum atomic E-state index is -0.451. The van der Waals surface area contributed by atoms with E-state index in [-0.39, 0.29) is 6.10 Å². The molecule has 0 fully saturated rings. The number of amides is 2. The Morgan fingerprint density at radius 2 is 2.00 bits per heavy atom. The number of carbonyl (C=O) groups is 2. The minimum absolute atomic E-state index is 0.233. The van der Waals surface area contributed by atoms with Gasteiger partial charge in [-0.2, -0.15) is 0 Å². The summed E-state index contributed by atoms with van der Waals surface area (Å²) in [6.45, 7) is 5.81. The van der Waals surface area contributed by atoms with Crippen LogP contribution >= 0.6 is 34.5 Å². The van der Waals surface area contributed by atoms with E-state index in [2.05, 4.69) is 17.6 Å². The van der Waals surface area contributed by atoms with E-state index < -0.39 is 12.0 Å². The third-order valence-corrected chi connectivity index (χ3v) is 6.80. The predicted molar refractivity (Wildman–Crippen MR) is 120 cm³/mol. The Morgan fingerprint density at radius 3 is 2.66 bits per heavy atom. The zero-order valence-corrected chi connectivity index (χ0v) is 18.9. The zero-order valence-electron chi connectivity index (χ0n) is 16.6. The van der Waals surface area contributed by atoms with Crippen LogP contribution in [-0.2, 0) is 17.6 Å². The summed E-state index contributed by atoms with van der Waals surface area (Å²) in [6, 6.07) is 4.39. The van der Waals surface area contributed by atoms with Gasteiger partial charge < -0.3 is 10.1 Å². The molecule has 156 valence electrons. The molecule has 1 aliphatic carbocycles. The second-order valence-corrected chi connectivity index (χ2v) is 9.31. The third kappa shape index (κ3) is 5.24. The lowest BCUT2D eigenvalue weighted by molar-refractivity contribution is 0.0378. The van der Waals surface area contributed by atoms with Gasteiger partial charge in [-0.15, -0.1) is 11.3 Å². The van der Waals surface area contributed by atoms with Gasteiger partial charge in [-0.05, 0) is 62.8 Å². The van der Waals surface area contributed by atoms with E-state index in [0.29, 0.717) is 32.2 Å². The summed E-state index contributed by atoms with van der Waals surface area (Å²) in [5.74, 6) is 0.213. The van der Waals surface area contributed by atoms with Gasteiger partial charge in [-0.1, -0.05) is 36.5 Å². The molecule has 0 saturated heterocycles. The fraction of sp³-hybridized carbons (Fsp3) is 0.429. The van der Waals surface area contributed by atoms with E-state index in [4.69, 9.17) is 27.9 Å². The summed E-state index contributed by atoms with van der Waals surface area (Å²) in [7, 11) is 0. The fourth-order valence-electron chi connectivity index (χ4n) is 3.42. The summed E-state index contributed by atoms with van der Waals surface area (Å²) < 4.78 is 5.45. The van der Waals surface area contributed by atoms with Crippen LogP contribution in [0.15, 0.2) is 18.2 Å². The maximum Gasteiger partial charge on any atom is 0.341 e. The van der Waals surface area contributed by atoms with Crippen LogP contribution < -0.4 is 10.6 Å². The van der Waals surface area contributed by atoms with Crippen molar-refractivity contribution in [1.29, 1.82) is 0 Å². The summed E-state index contributed by atoms with van der Waals surface area (Å²) >= 11 is 13.4. The molecule has 0 radical (unpaired) electrons. The van der Waals surface area contributed by atoms with Crippen LogP contribution in [0.4, 0.5) is 15.5 Å². The monoisotopic (exact) mass is 454 g/mol. The predicted octanol–water partition coefficient (Wildman–Crippen LogP) is 6.78. The van der Waals surface area contributed by atoms with Crippen molar-refractivity contribution in [1.82, 2.24) is 0 Å². The number of hydrogen-bond donors (Lipinski definition) is 2. The zero-order chi connectivity index (χ0) is 21.1. The average Bonchev–Trinajstić information content (AvgIpc) is 3.00. The van der Waals surface area contributed by atoms with Crippen LogP contribution in [0, 0.1) is 5.92 Å². The quantitative estimate of drug-likeness (QED) is 0.489. The molecule has 0 spiro atoms. The molecule has 1 aliphatic rings. The van der Waals surface area contributed by atoms with E-state index >= 15 is 0 Å². The van der Waals surface area contributed by atoms with E-state index in [1.807, 2.05) is 13.8 Å². The fourth-order valence-corrected chi connectivity index (χ4v) is 5.06. The third-order valence-electron chi connectivity index (χ3n) is 4.90. The van der Waals surface area contributed by atoms with Gasteiger partial charge in [-0.3, -0.25) is 5.32 Å². The highest BCUT2D eigenvalue weighted by molar-refractivity contribution is 7.17. The van der Waals surface area contributed by atoms with Crippen molar-refractivity contribution in [3.63, 3.8) is 0 Å². The number of fused-ring (bicyclic) bond motifs is 1. The number of rotatable bonds is 5. The van der Waals surface area contributed by atoms with Crippen LogP contribution in [-0.4, -0.2) is 18.1 Å². The summed E-state index contributed by atoms with van der Waals surface area (Å²) in [5.41, 5.74) is 2.00. The Bertz CT molecular complexity index is 927. The van der Waals surface area contributed by atoms with Crippen LogP contribution in [0.5, 0.6) is 0 Å². The van der Waals surface area contributed by atoms with Gasteiger partial charge in [0, 0.05) is 10.6 Å². The molecule has 0 saturated carbocycles. The number of hydrogen-bond acceptors (Lipinski definition) is 4. The molecule has 0 unspecified atom stereocenters. The molecule has 1 aromatic heterocycles. The molecular formula is C21H24Cl2N2O3S. The molecule has 1 aromatic carbocycles. The van der Waals surface area contributed by atoms with E-state index in [0.717, 1.165) is 36.1 Å². The largest absolute Gasteiger partial charge is 0.459 e. The number of urea groups is 1. The number of thiophene rings is 1. The average molecular weight is 455 g/mol. The van der Waals surface area contributed by atoms with Crippen molar-refractivity contribution >= 4 is 57.2 Å². The molecule has 8 heteroatoms. The lowest BCUT2D eigenvalue weighted by atomic mass is 9.85. The van der Waals surface area contributed by atoms with E-state index in [1.165, 1.54) is 11.3 Å². The number of esters is 1. The Kier molecular flexibility index (Phi) is 7.09. The number of halogens is 2. The standard InChI is InChI=1S/C21H24Cl2N2O3S/c1-4-12-5-7-14-17(9-12)29-19(18(14)20(26)28-11(2)3)25-21(27)24-13-6-8-15(22)16(23)10-13/h6,8,10-12H,4-5,7,9H2,1-3H3,(H2,24,25,27)/t12-/m1/s1. The van der Waals surface area contributed by atoms with E-state index in [9.17, 15) is 9.59 Å². The van der Waals surface area contributed by atoms with Gasteiger partial charge in [-0.25, -0.2) is 9.59 Å². The van der Waals surface area contributed by atoms with Crippen LogP contribution in [0.1, 0.15) is 54.4 Å². The SMILES string of the molecule is CC[C@@H]1CCc2c(sc(NC(=O)Nc3ccc(Cl)c(Cl)c3)c2C(=O)OC(C)C)C1. The molecule has 5 nitrogen and oxygen atoms in total. The Hall–Kier alpha value is -1.76. The summed E-state index contributed by atoms with van der Waals surface area (Å²) in [5, 5.41) is 6.84. The highest BCUT2D eigenvalue weighted by Crippen LogP contribution is 2.41. The Morgan fingerprint density at radius 1 is 1.24 bits per heavy atom.